The highest BCUT2D eigenvalue weighted by atomic mass is 32.2. The summed E-state index contributed by atoms with van der Waals surface area (Å²) in [5.41, 5.74) is 0.761. The van der Waals surface area contributed by atoms with Gasteiger partial charge < -0.3 is 5.32 Å². The zero-order valence-electron chi connectivity index (χ0n) is 10.6. The van der Waals surface area contributed by atoms with Crippen LogP contribution in [0.2, 0.25) is 0 Å². The quantitative estimate of drug-likeness (QED) is 0.865. The van der Waals surface area contributed by atoms with E-state index in [1.165, 1.54) is 6.33 Å². The molecular weight excluding hydrogens is 266 g/mol. The zero-order chi connectivity index (χ0) is 13.5. The molecule has 8 heteroatoms. The van der Waals surface area contributed by atoms with Crippen LogP contribution in [0.1, 0.15) is 6.42 Å². The van der Waals surface area contributed by atoms with Gasteiger partial charge in [0, 0.05) is 13.6 Å². The fraction of sp³-hybridized carbons (Fsp3) is 0.545. The van der Waals surface area contributed by atoms with E-state index in [2.05, 4.69) is 20.4 Å². The van der Waals surface area contributed by atoms with Crippen LogP contribution in [0, 0.1) is 5.92 Å². The smallest absolute Gasteiger partial charge is 0.163 e. The van der Waals surface area contributed by atoms with Gasteiger partial charge in [0.25, 0.3) is 0 Å². The first-order valence-corrected chi connectivity index (χ1v) is 7.94. The SMILES string of the molecule is Cn1ncc2c(NCC3CCS(=O)(=O)C3)ncnc21. The Balaban J connectivity index is 1.76. The van der Waals surface area contributed by atoms with Gasteiger partial charge in [-0.2, -0.15) is 5.10 Å². The van der Waals surface area contributed by atoms with Crippen LogP contribution in [0.5, 0.6) is 0 Å². The van der Waals surface area contributed by atoms with Gasteiger partial charge in [0.15, 0.2) is 15.5 Å². The molecule has 1 aliphatic heterocycles. The van der Waals surface area contributed by atoms with E-state index in [9.17, 15) is 8.42 Å². The van der Waals surface area contributed by atoms with Gasteiger partial charge in [-0.1, -0.05) is 0 Å². The molecule has 0 amide bonds. The maximum atomic E-state index is 11.4. The van der Waals surface area contributed by atoms with Gasteiger partial charge in [0.2, 0.25) is 0 Å². The average molecular weight is 281 g/mol. The van der Waals surface area contributed by atoms with Gasteiger partial charge in [-0.05, 0) is 12.3 Å². The highest BCUT2D eigenvalue weighted by Gasteiger charge is 2.27. The molecule has 2 aromatic heterocycles. The fourth-order valence-electron chi connectivity index (χ4n) is 2.38. The summed E-state index contributed by atoms with van der Waals surface area (Å²) in [4.78, 5) is 8.35. The number of hydrogen-bond donors (Lipinski definition) is 1. The van der Waals surface area contributed by atoms with Crippen molar-refractivity contribution in [2.75, 3.05) is 23.4 Å². The number of hydrogen-bond acceptors (Lipinski definition) is 6. The zero-order valence-corrected chi connectivity index (χ0v) is 11.4. The Bertz CT molecular complexity index is 709. The molecule has 1 saturated heterocycles. The molecule has 3 heterocycles. The lowest BCUT2D eigenvalue weighted by atomic mass is 10.1. The van der Waals surface area contributed by atoms with Crippen LogP contribution in [0.3, 0.4) is 0 Å². The van der Waals surface area contributed by atoms with Crippen LogP contribution in [0.25, 0.3) is 11.0 Å². The number of aryl methyl sites for hydroxylation is 1. The normalized spacial score (nSPS) is 21.8. The summed E-state index contributed by atoms with van der Waals surface area (Å²) in [5.74, 6) is 1.43. The van der Waals surface area contributed by atoms with Crippen LogP contribution < -0.4 is 5.32 Å². The summed E-state index contributed by atoms with van der Waals surface area (Å²) in [6.45, 7) is 0.611. The molecule has 1 atom stereocenters. The van der Waals surface area contributed by atoms with Gasteiger partial charge in [-0.15, -0.1) is 0 Å². The van der Waals surface area contributed by atoms with Crippen LogP contribution in [0.15, 0.2) is 12.5 Å². The van der Waals surface area contributed by atoms with E-state index in [4.69, 9.17) is 0 Å². The summed E-state index contributed by atoms with van der Waals surface area (Å²) >= 11 is 0. The van der Waals surface area contributed by atoms with E-state index >= 15 is 0 Å². The van der Waals surface area contributed by atoms with E-state index in [0.29, 0.717) is 18.1 Å². The Kier molecular flexibility index (Phi) is 2.89. The topological polar surface area (TPSA) is 89.8 Å². The Morgan fingerprint density at radius 3 is 3.05 bits per heavy atom. The largest absolute Gasteiger partial charge is 0.369 e. The first kappa shape index (κ1) is 12.3. The van der Waals surface area contributed by atoms with E-state index in [0.717, 1.165) is 17.5 Å². The van der Waals surface area contributed by atoms with Crippen LogP contribution >= 0.6 is 0 Å². The van der Waals surface area contributed by atoms with Gasteiger partial charge >= 0.3 is 0 Å². The molecule has 0 aromatic carbocycles. The molecule has 102 valence electrons. The third-order valence-electron chi connectivity index (χ3n) is 3.41. The molecule has 0 aliphatic carbocycles. The van der Waals surface area contributed by atoms with E-state index in [-0.39, 0.29) is 11.7 Å². The first-order chi connectivity index (χ1) is 9.05. The van der Waals surface area contributed by atoms with Gasteiger partial charge in [0.05, 0.1) is 23.1 Å². The van der Waals surface area contributed by atoms with Crippen molar-refractivity contribution in [3.63, 3.8) is 0 Å². The molecule has 3 rings (SSSR count). The van der Waals surface area contributed by atoms with Crippen molar-refractivity contribution >= 4 is 26.7 Å². The van der Waals surface area contributed by atoms with Crippen LogP contribution in [-0.4, -0.2) is 46.2 Å². The molecule has 1 unspecified atom stereocenters. The second-order valence-corrected chi connectivity index (χ2v) is 7.11. The van der Waals surface area contributed by atoms with Crippen molar-refractivity contribution < 1.29 is 8.42 Å². The number of rotatable bonds is 3. The van der Waals surface area contributed by atoms with Gasteiger partial charge in [-0.25, -0.2) is 18.4 Å². The monoisotopic (exact) mass is 281 g/mol. The average Bonchev–Trinajstić information content (AvgIpc) is 2.91. The van der Waals surface area contributed by atoms with Crippen LogP contribution in [-0.2, 0) is 16.9 Å². The molecule has 0 spiro atoms. The Hall–Kier alpha value is -1.70. The van der Waals surface area contributed by atoms with E-state index in [1.807, 2.05) is 7.05 Å². The maximum absolute atomic E-state index is 11.4. The lowest BCUT2D eigenvalue weighted by Gasteiger charge is -2.10. The van der Waals surface area contributed by atoms with Crippen molar-refractivity contribution in [3.8, 4) is 0 Å². The third kappa shape index (κ3) is 2.40. The van der Waals surface area contributed by atoms with E-state index in [1.54, 1.807) is 10.9 Å². The van der Waals surface area contributed by atoms with Crippen molar-refractivity contribution in [1.82, 2.24) is 19.7 Å². The molecule has 2 aromatic rings. The molecule has 19 heavy (non-hydrogen) atoms. The number of anilines is 1. The Morgan fingerprint density at radius 1 is 1.47 bits per heavy atom. The molecular formula is C11H15N5O2S. The van der Waals surface area contributed by atoms with Crippen molar-refractivity contribution in [3.05, 3.63) is 12.5 Å². The predicted molar refractivity (Wildman–Crippen MR) is 71.6 cm³/mol. The number of fused-ring (bicyclic) bond motifs is 1. The van der Waals surface area contributed by atoms with Gasteiger partial charge in [-0.3, -0.25) is 4.68 Å². The minimum absolute atomic E-state index is 0.159. The number of aromatic nitrogens is 4. The highest BCUT2D eigenvalue weighted by Crippen LogP contribution is 2.21. The molecule has 1 N–H and O–H groups in total. The minimum atomic E-state index is -2.83. The van der Waals surface area contributed by atoms with Crippen molar-refractivity contribution in [2.45, 2.75) is 6.42 Å². The molecule has 0 bridgehead atoms. The fourth-order valence-corrected chi connectivity index (χ4v) is 4.24. The maximum Gasteiger partial charge on any atom is 0.163 e. The molecule has 0 radical (unpaired) electrons. The molecule has 0 saturated carbocycles. The summed E-state index contributed by atoms with van der Waals surface area (Å²) in [6, 6.07) is 0. The predicted octanol–water partition coefficient (Wildman–Crippen LogP) is 0.210. The summed E-state index contributed by atoms with van der Waals surface area (Å²) in [6.07, 6.45) is 3.91. The third-order valence-corrected chi connectivity index (χ3v) is 5.25. The first-order valence-electron chi connectivity index (χ1n) is 6.12. The Morgan fingerprint density at radius 2 is 2.32 bits per heavy atom. The number of sulfone groups is 1. The molecule has 1 fully saturated rings. The second-order valence-electron chi connectivity index (χ2n) is 4.88. The molecule has 7 nitrogen and oxygen atoms in total. The summed E-state index contributed by atoms with van der Waals surface area (Å²) in [5, 5.41) is 8.20. The Labute approximate surface area is 111 Å². The minimum Gasteiger partial charge on any atom is -0.369 e. The lowest BCUT2D eigenvalue weighted by Crippen LogP contribution is -2.16. The summed E-state index contributed by atoms with van der Waals surface area (Å²) < 4.78 is 24.5. The highest BCUT2D eigenvalue weighted by molar-refractivity contribution is 7.91. The van der Waals surface area contributed by atoms with Crippen LogP contribution in [0.4, 0.5) is 5.82 Å². The molecule has 1 aliphatic rings. The van der Waals surface area contributed by atoms with Crippen molar-refractivity contribution in [2.24, 2.45) is 13.0 Å². The second kappa shape index (κ2) is 4.44. The van der Waals surface area contributed by atoms with Gasteiger partial charge in [0.1, 0.15) is 12.1 Å². The standard InChI is InChI=1S/C11H15N5O2S/c1-16-11-9(5-15-16)10(13-7-14-11)12-4-8-2-3-19(17,18)6-8/h5,7-8H,2-4,6H2,1H3,(H,12,13,14). The summed E-state index contributed by atoms with van der Waals surface area (Å²) in [7, 11) is -1.01. The number of nitrogens with one attached hydrogen (secondary N) is 1. The van der Waals surface area contributed by atoms with E-state index < -0.39 is 9.84 Å². The number of nitrogens with zero attached hydrogens (tertiary/aromatic N) is 4. The van der Waals surface area contributed by atoms with Crippen molar-refractivity contribution in [1.29, 1.82) is 0 Å². The lowest BCUT2D eigenvalue weighted by molar-refractivity contribution is 0.596.